The number of carboxylic acids is 1. The number of carbonyl (C=O) groups is 11. The summed E-state index contributed by atoms with van der Waals surface area (Å²) >= 11 is 0. The fourth-order valence-electron chi connectivity index (χ4n) is 8.91. The number of carboxylic acid groups (broad SMARTS) is 1. The van der Waals surface area contributed by atoms with Crippen LogP contribution in [0.1, 0.15) is 178 Å². The number of carbonyl (C=O) groups excluding carboxylic acids is 10. The summed E-state index contributed by atoms with van der Waals surface area (Å²) in [6.45, 7) is 16.9. The molecule has 85 heavy (non-hydrogen) atoms. The summed E-state index contributed by atoms with van der Waals surface area (Å²) in [6.07, 6.45) is 6.22. The summed E-state index contributed by atoms with van der Waals surface area (Å²) in [7, 11) is 0. The highest BCUT2D eigenvalue weighted by Gasteiger charge is 2.35. The Balaban J connectivity index is 6.44. The van der Waals surface area contributed by atoms with E-state index in [0.29, 0.717) is 90.3 Å². The van der Waals surface area contributed by atoms with Crippen LogP contribution in [-0.4, -0.2) is 169 Å². The molecular formula is C57H110N16O12. The standard InChI is InChI=1S/C57H110N16O12/c1-33(2)30-44(71-50(77)39(63)20-10-15-25-58)54(81)64-36(7)48(75)68-41(22-12-17-27-60)52(79)72-45(31-34(3)4)55(82)65-37(8)47(74)67-40(21-11-16-26-59)51(78)69-42(23-13-18-28-61)53(80)73-46(32-35(5)6)56(83)66-38(9)49(76)70-43(57(84)85)24-14-19-29-62/h33-46H,10-32,58-63H2,1-9H3,(H,64,81)(H,65,82)(H,66,83)(H,67,74)(H,68,75)(H,69,78)(H,70,76)(H,71,77)(H,72,79)(H,73,80)(H,84,85)/t36-,37-,38-,39-,40-,41-,42-,43-,44-,45-,46-/m0/s1. The van der Waals surface area contributed by atoms with Crippen molar-refractivity contribution in [1.82, 2.24) is 53.2 Å². The lowest BCUT2D eigenvalue weighted by Gasteiger charge is -2.28. The summed E-state index contributed by atoms with van der Waals surface area (Å²) in [4.78, 5) is 149. The predicted octanol–water partition coefficient (Wildman–Crippen LogP) is -1.91. The van der Waals surface area contributed by atoms with Gasteiger partial charge in [0.1, 0.15) is 60.4 Å². The Kier molecular flexibility index (Phi) is 41.2. The zero-order valence-corrected chi connectivity index (χ0v) is 52.2. The molecule has 0 saturated heterocycles. The Labute approximate surface area is 503 Å². The van der Waals surface area contributed by atoms with Gasteiger partial charge in [0.15, 0.2) is 0 Å². The number of rotatable bonds is 47. The van der Waals surface area contributed by atoms with Crippen LogP contribution in [0.3, 0.4) is 0 Å². The molecule has 0 aromatic carbocycles. The average molecular weight is 1210 g/mol. The van der Waals surface area contributed by atoms with E-state index in [-0.39, 0.29) is 75.8 Å². The molecule has 10 amide bonds. The average Bonchev–Trinajstić information content (AvgIpc) is 3.53. The van der Waals surface area contributed by atoms with Crippen LogP contribution in [0.5, 0.6) is 0 Å². The van der Waals surface area contributed by atoms with Crippen molar-refractivity contribution in [3.8, 4) is 0 Å². The lowest BCUT2D eigenvalue weighted by atomic mass is 10.0. The Bertz CT molecular complexity index is 2070. The fourth-order valence-corrected chi connectivity index (χ4v) is 8.91. The highest BCUT2D eigenvalue weighted by atomic mass is 16.4. The van der Waals surface area contributed by atoms with Crippen LogP contribution in [-0.2, 0) is 52.7 Å². The fraction of sp³-hybridized carbons (Fsp3) is 0.807. The molecule has 23 N–H and O–H groups in total. The van der Waals surface area contributed by atoms with Crippen LogP contribution in [0.25, 0.3) is 0 Å². The van der Waals surface area contributed by atoms with Gasteiger partial charge in [-0.3, -0.25) is 47.9 Å². The number of hydrogen-bond acceptors (Lipinski definition) is 17. The van der Waals surface area contributed by atoms with Gasteiger partial charge in [-0.2, -0.15) is 0 Å². The van der Waals surface area contributed by atoms with Crippen molar-refractivity contribution in [2.45, 2.75) is 244 Å². The number of amides is 10. The molecule has 11 atom stereocenters. The Morgan fingerprint density at radius 3 is 0.753 bits per heavy atom. The van der Waals surface area contributed by atoms with E-state index in [2.05, 4.69) is 53.2 Å². The van der Waals surface area contributed by atoms with E-state index in [1.54, 1.807) is 0 Å². The van der Waals surface area contributed by atoms with E-state index in [4.69, 9.17) is 34.4 Å². The van der Waals surface area contributed by atoms with Gasteiger partial charge < -0.3 is 92.7 Å². The minimum atomic E-state index is -1.28. The van der Waals surface area contributed by atoms with Gasteiger partial charge in [0.2, 0.25) is 59.1 Å². The van der Waals surface area contributed by atoms with Crippen molar-refractivity contribution in [3.63, 3.8) is 0 Å². The normalized spacial score (nSPS) is 15.3. The first-order valence-corrected chi connectivity index (χ1v) is 30.6. The van der Waals surface area contributed by atoms with Gasteiger partial charge in [0.05, 0.1) is 6.04 Å². The van der Waals surface area contributed by atoms with Crippen molar-refractivity contribution >= 4 is 65.0 Å². The van der Waals surface area contributed by atoms with Gasteiger partial charge >= 0.3 is 5.97 Å². The van der Waals surface area contributed by atoms with E-state index in [1.807, 2.05) is 41.5 Å². The Hall–Kier alpha value is -6.07. The van der Waals surface area contributed by atoms with Crippen LogP contribution in [0.2, 0.25) is 0 Å². The number of aliphatic carboxylic acids is 1. The lowest BCUT2D eigenvalue weighted by Crippen LogP contribution is -2.60. The summed E-state index contributed by atoms with van der Waals surface area (Å²) in [6, 6.07) is -12.8. The maximum atomic E-state index is 14.2. The topological polar surface area (TPSA) is 484 Å². The van der Waals surface area contributed by atoms with Gasteiger partial charge in [-0.05, 0) is 180 Å². The van der Waals surface area contributed by atoms with Crippen molar-refractivity contribution in [3.05, 3.63) is 0 Å². The molecule has 0 spiro atoms. The van der Waals surface area contributed by atoms with E-state index in [9.17, 15) is 57.8 Å². The second kappa shape index (κ2) is 44.4. The molecule has 0 unspecified atom stereocenters. The first-order valence-electron chi connectivity index (χ1n) is 30.6. The molecule has 0 heterocycles. The van der Waals surface area contributed by atoms with Crippen LogP contribution in [0.15, 0.2) is 0 Å². The molecule has 0 fully saturated rings. The third kappa shape index (κ3) is 34.0. The van der Waals surface area contributed by atoms with Crippen molar-refractivity contribution in [2.75, 3.05) is 32.7 Å². The molecule has 0 radical (unpaired) electrons. The molecule has 0 aliphatic heterocycles. The van der Waals surface area contributed by atoms with E-state index >= 15 is 0 Å². The van der Waals surface area contributed by atoms with Crippen LogP contribution in [0.4, 0.5) is 0 Å². The maximum absolute atomic E-state index is 14.2. The minimum Gasteiger partial charge on any atom is -0.480 e. The third-order valence-corrected chi connectivity index (χ3v) is 13.9. The molecule has 0 aliphatic carbocycles. The van der Waals surface area contributed by atoms with Gasteiger partial charge in [-0.15, -0.1) is 0 Å². The van der Waals surface area contributed by atoms with E-state index < -0.39 is 132 Å². The molecule has 0 rings (SSSR count). The minimum absolute atomic E-state index is 0.0216. The zero-order chi connectivity index (χ0) is 64.8. The first kappa shape index (κ1) is 78.9. The van der Waals surface area contributed by atoms with Gasteiger partial charge in [0, 0.05) is 0 Å². The third-order valence-electron chi connectivity index (χ3n) is 13.9. The molecule has 0 aliphatic rings. The van der Waals surface area contributed by atoms with Crippen LogP contribution >= 0.6 is 0 Å². The largest absolute Gasteiger partial charge is 0.480 e. The number of nitrogens with one attached hydrogen (secondary N) is 10. The van der Waals surface area contributed by atoms with E-state index in [1.165, 1.54) is 20.8 Å². The van der Waals surface area contributed by atoms with Crippen LogP contribution < -0.4 is 87.6 Å². The van der Waals surface area contributed by atoms with Crippen molar-refractivity contribution < 1.29 is 57.8 Å². The Morgan fingerprint density at radius 1 is 0.282 bits per heavy atom. The molecule has 0 aromatic heterocycles. The quantitative estimate of drug-likeness (QED) is 0.0296. The summed E-state index contributed by atoms with van der Waals surface area (Å²) < 4.78 is 0. The van der Waals surface area contributed by atoms with Crippen molar-refractivity contribution in [1.29, 1.82) is 0 Å². The number of hydrogen-bond donors (Lipinski definition) is 17. The lowest BCUT2D eigenvalue weighted by molar-refractivity contribution is -0.142. The first-order chi connectivity index (χ1) is 40.1. The highest BCUT2D eigenvalue weighted by molar-refractivity contribution is 5.98. The molecular weight excluding hydrogens is 1100 g/mol. The summed E-state index contributed by atoms with van der Waals surface area (Å²) in [5, 5.41) is 36.2. The summed E-state index contributed by atoms with van der Waals surface area (Å²) in [5.74, 6) is -8.61. The Morgan fingerprint density at radius 2 is 0.494 bits per heavy atom. The molecule has 490 valence electrons. The second-order valence-electron chi connectivity index (χ2n) is 23.4. The molecule has 0 saturated carbocycles. The van der Waals surface area contributed by atoms with Crippen LogP contribution in [0, 0.1) is 17.8 Å². The van der Waals surface area contributed by atoms with Crippen molar-refractivity contribution in [2.24, 2.45) is 52.2 Å². The molecule has 0 aromatic rings. The molecule has 0 bridgehead atoms. The molecule has 28 nitrogen and oxygen atoms in total. The SMILES string of the molecule is CC(C)C[C@H](NC(=O)[C@H](CCCCN)NC(=O)[C@H](C)NC(=O)[C@H](CC(C)C)NC(=O)[C@@H](N)CCCCN)C(=O)N[C@@H](C)C(=O)N[C@@H](CCCCN)C(=O)N[C@@H](CCCCN)C(=O)N[C@@H](CC(C)C)C(=O)N[C@@H](C)C(=O)N[C@@H](CCCCN)C(=O)O. The zero-order valence-electron chi connectivity index (χ0n) is 52.2. The van der Waals surface area contributed by atoms with Gasteiger partial charge in [-0.1, -0.05) is 48.0 Å². The highest BCUT2D eigenvalue weighted by Crippen LogP contribution is 2.13. The summed E-state index contributed by atoms with van der Waals surface area (Å²) in [5.41, 5.74) is 34.5. The number of nitrogens with two attached hydrogens (primary N) is 6. The smallest absolute Gasteiger partial charge is 0.326 e. The maximum Gasteiger partial charge on any atom is 0.326 e. The number of unbranched alkanes of at least 4 members (excludes halogenated alkanes) is 5. The predicted molar refractivity (Wildman–Crippen MR) is 325 cm³/mol. The monoisotopic (exact) mass is 1210 g/mol. The molecule has 28 heteroatoms. The van der Waals surface area contributed by atoms with Gasteiger partial charge in [-0.25, -0.2) is 4.79 Å². The van der Waals surface area contributed by atoms with E-state index in [0.717, 1.165) is 0 Å². The second-order valence-corrected chi connectivity index (χ2v) is 23.4. The van der Waals surface area contributed by atoms with Gasteiger partial charge in [0.25, 0.3) is 0 Å².